The van der Waals surface area contributed by atoms with E-state index in [1.54, 1.807) is 0 Å². The van der Waals surface area contributed by atoms with E-state index in [4.69, 9.17) is 4.98 Å². The van der Waals surface area contributed by atoms with Crippen LogP contribution < -0.4 is 10.2 Å². The Hall–Kier alpha value is -3.06. The van der Waals surface area contributed by atoms with Crippen molar-refractivity contribution in [3.63, 3.8) is 0 Å². The summed E-state index contributed by atoms with van der Waals surface area (Å²) in [5.41, 5.74) is 3.93. The molecule has 0 spiro atoms. The number of para-hydroxylation sites is 1. The van der Waals surface area contributed by atoms with Crippen LogP contribution in [0, 0.1) is 0 Å². The largest absolute Gasteiger partial charge is 0.351 e. The molecule has 7 heteroatoms. The average molecular weight is 450 g/mol. The van der Waals surface area contributed by atoms with E-state index in [-0.39, 0.29) is 6.03 Å². The number of fused-ring (bicyclic) bond motifs is 3. The maximum atomic E-state index is 12.6. The first-order valence-corrected chi connectivity index (χ1v) is 10.4. The van der Waals surface area contributed by atoms with Gasteiger partial charge >= 0.3 is 6.03 Å². The number of aromatic nitrogens is 2. The summed E-state index contributed by atoms with van der Waals surface area (Å²) in [5, 5.41) is 2.97. The Labute approximate surface area is 176 Å². The highest BCUT2D eigenvalue weighted by Crippen LogP contribution is 2.28. The molecule has 1 N–H and O–H groups in total. The molecule has 2 aromatic carbocycles. The van der Waals surface area contributed by atoms with Crippen molar-refractivity contribution in [2.75, 3.05) is 36.4 Å². The standard InChI is InChI=1S/C22H20BrN5O/c23-16-8-9-19-18(15-16)25-21(20-7-4-10-28(19)20)26-11-13-27(14-12-26)22(29)24-17-5-2-1-3-6-17/h1-10,15H,11-14H2,(H,24,29). The van der Waals surface area contributed by atoms with E-state index in [0.29, 0.717) is 13.1 Å². The molecule has 0 unspecified atom stereocenters. The van der Waals surface area contributed by atoms with Crippen molar-refractivity contribution in [2.24, 2.45) is 0 Å². The molecule has 1 aliphatic heterocycles. The van der Waals surface area contributed by atoms with Crippen molar-refractivity contribution in [3.8, 4) is 0 Å². The zero-order valence-corrected chi connectivity index (χ0v) is 17.3. The number of carbonyl (C=O) groups is 1. The van der Waals surface area contributed by atoms with Crippen LogP contribution in [0.25, 0.3) is 16.6 Å². The number of amides is 2. The molecule has 0 atom stereocenters. The molecule has 2 amide bonds. The average Bonchev–Trinajstić information content (AvgIpc) is 3.24. The molecular formula is C22H20BrN5O. The summed E-state index contributed by atoms with van der Waals surface area (Å²) < 4.78 is 3.19. The summed E-state index contributed by atoms with van der Waals surface area (Å²) in [4.78, 5) is 21.6. The predicted octanol–water partition coefficient (Wildman–Crippen LogP) is 4.60. The van der Waals surface area contributed by atoms with Crippen molar-refractivity contribution in [2.45, 2.75) is 0 Å². The zero-order valence-electron chi connectivity index (χ0n) is 15.8. The van der Waals surface area contributed by atoms with Gasteiger partial charge in [0.2, 0.25) is 0 Å². The number of nitrogens with one attached hydrogen (secondary N) is 1. The van der Waals surface area contributed by atoms with Gasteiger partial charge in [0.1, 0.15) is 0 Å². The number of rotatable bonds is 2. The lowest BCUT2D eigenvalue weighted by molar-refractivity contribution is 0.208. The smallest absolute Gasteiger partial charge is 0.321 e. The molecule has 1 aliphatic rings. The van der Waals surface area contributed by atoms with Crippen molar-refractivity contribution in [1.82, 2.24) is 14.3 Å². The number of hydrogen-bond acceptors (Lipinski definition) is 3. The van der Waals surface area contributed by atoms with Crippen LogP contribution in [0.5, 0.6) is 0 Å². The first kappa shape index (κ1) is 18.0. The lowest BCUT2D eigenvalue weighted by atomic mass is 10.2. The van der Waals surface area contributed by atoms with Crippen molar-refractivity contribution >= 4 is 50.0 Å². The molecule has 29 heavy (non-hydrogen) atoms. The van der Waals surface area contributed by atoms with Crippen molar-refractivity contribution in [3.05, 3.63) is 71.3 Å². The summed E-state index contributed by atoms with van der Waals surface area (Å²) in [6.07, 6.45) is 2.07. The van der Waals surface area contributed by atoms with Gasteiger partial charge in [0.05, 0.1) is 16.6 Å². The van der Waals surface area contributed by atoms with Crippen LogP contribution in [-0.4, -0.2) is 46.5 Å². The van der Waals surface area contributed by atoms with Crippen molar-refractivity contribution < 1.29 is 4.79 Å². The molecule has 5 rings (SSSR count). The number of piperazine rings is 1. The van der Waals surface area contributed by atoms with Gasteiger partial charge in [-0.1, -0.05) is 34.1 Å². The minimum Gasteiger partial charge on any atom is -0.351 e. The number of nitrogens with zero attached hydrogens (tertiary/aromatic N) is 4. The van der Waals surface area contributed by atoms with Crippen LogP contribution in [-0.2, 0) is 0 Å². The molecular weight excluding hydrogens is 430 g/mol. The lowest BCUT2D eigenvalue weighted by Crippen LogP contribution is -2.50. The Bertz CT molecular complexity index is 1180. The second kappa shape index (κ2) is 7.40. The Morgan fingerprint density at radius 2 is 1.72 bits per heavy atom. The number of anilines is 2. The molecule has 0 saturated carbocycles. The van der Waals surface area contributed by atoms with E-state index < -0.39 is 0 Å². The van der Waals surface area contributed by atoms with Crippen LogP contribution in [0.4, 0.5) is 16.3 Å². The molecule has 1 saturated heterocycles. The number of urea groups is 1. The SMILES string of the molecule is O=C(Nc1ccccc1)N1CCN(c2nc3cc(Br)ccc3n3cccc23)CC1. The topological polar surface area (TPSA) is 52.9 Å². The molecule has 3 heterocycles. The van der Waals surface area contributed by atoms with Crippen LogP contribution >= 0.6 is 15.9 Å². The highest BCUT2D eigenvalue weighted by Gasteiger charge is 2.24. The minimum atomic E-state index is -0.0564. The van der Waals surface area contributed by atoms with Crippen LogP contribution in [0.15, 0.2) is 71.3 Å². The van der Waals surface area contributed by atoms with Crippen molar-refractivity contribution in [1.29, 1.82) is 0 Å². The molecule has 6 nitrogen and oxygen atoms in total. The van der Waals surface area contributed by atoms with E-state index in [2.05, 4.69) is 48.9 Å². The molecule has 0 aliphatic carbocycles. The maximum absolute atomic E-state index is 12.6. The molecule has 0 radical (unpaired) electrons. The first-order valence-electron chi connectivity index (χ1n) is 9.61. The molecule has 2 aromatic heterocycles. The third-order valence-electron chi connectivity index (χ3n) is 5.29. The Kier molecular flexibility index (Phi) is 4.60. The Morgan fingerprint density at radius 3 is 2.52 bits per heavy atom. The van der Waals surface area contributed by atoms with Crippen LogP contribution in [0.3, 0.4) is 0 Å². The minimum absolute atomic E-state index is 0.0564. The van der Waals surface area contributed by atoms with E-state index >= 15 is 0 Å². The summed E-state index contributed by atoms with van der Waals surface area (Å²) in [6.45, 7) is 2.80. The third kappa shape index (κ3) is 3.42. The second-order valence-corrected chi connectivity index (χ2v) is 8.02. The summed E-state index contributed by atoms with van der Waals surface area (Å²) >= 11 is 3.54. The summed E-state index contributed by atoms with van der Waals surface area (Å²) in [6, 6.07) is 19.8. The van der Waals surface area contributed by atoms with E-state index in [0.717, 1.165) is 45.6 Å². The van der Waals surface area contributed by atoms with Gasteiger partial charge in [-0.25, -0.2) is 9.78 Å². The van der Waals surface area contributed by atoms with Gasteiger partial charge in [-0.05, 0) is 42.5 Å². The maximum Gasteiger partial charge on any atom is 0.321 e. The molecule has 146 valence electrons. The highest BCUT2D eigenvalue weighted by molar-refractivity contribution is 9.10. The number of benzene rings is 2. The van der Waals surface area contributed by atoms with Gasteiger partial charge in [-0.15, -0.1) is 0 Å². The molecule has 0 bridgehead atoms. The van der Waals surface area contributed by atoms with Gasteiger partial charge in [-0.2, -0.15) is 0 Å². The molecule has 1 fully saturated rings. The van der Waals surface area contributed by atoms with Crippen LogP contribution in [0.1, 0.15) is 0 Å². The number of carbonyl (C=O) groups excluding carboxylic acids is 1. The predicted molar refractivity (Wildman–Crippen MR) is 120 cm³/mol. The van der Waals surface area contributed by atoms with Gasteiger partial charge in [0.25, 0.3) is 0 Å². The Balaban J connectivity index is 1.37. The summed E-state index contributed by atoms with van der Waals surface area (Å²) in [5.74, 6) is 0.962. The quantitative estimate of drug-likeness (QED) is 0.486. The fourth-order valence-corrected chi connectivity index (χ4v) is 4.16. The summed E-state index contributed by atoms with van der Waals surface area (Å²) in [7, 11) is 0. The second-order valence-electron chi connectivity index (χ2n) is 7.10. The normalized spacial score (nSPS) is 14.5. The van der Waals surface area contributed by atoms with E-state index in [9.17, 15) is 4.79 Å². The Morgan fingerprint density at radius 1 is 0.931 bits per heavy atom. The van der Waals surface area contributed by atoms with Gasteiger partial charge in [0, 0.05) is 42.5 Å². The van der Waals surface area contributed by atoms with Gasteiger partial charge in [0.15, 0.2) is 5.82 Å². The number of hydrogen-bond donors (Lipinski definition) is 1. The lowest BCUT2D eigenvalue weighted by Gasteiger charge is -2.35. The highest BCUT2D eigenvalue weighted by atomic mass is 79.9. The van der Waals surface area contributed by atoms with Gasteiger partial charge < -0.3 is 19.5 Å². The first-order chi connectivity index (χ1) is 14.2. The van der Waals surface area contributed by atoms with Crippen LogP contribution in [0.2, 0.25) is 0 Å². The fraction of sp³-hybridized carbons (Fsp3) is 0.182. The van der Waals surface area contributed by atoms with E-state index in [1.165, 1.54) is 0 Å². The third-order valence-corrected chi connectivity index (χ3v) is 5.79. The van der Waals surface area contributed by atoms with Gasteiger partial charge in [-0.3, -0.25) is 0 Å². The molecule has 4 aromatic rings. The number of halogens is 1. The zero-order chi connectivity index (χ0) is 19.8. The monoisotopic (exact) mass is 449 g/mol. The van der Waals surface area contributed by atoms with E-state index in [1.807, 2.05) is 53.4 Å². The fourth-order valence-electron chi connectivity index (χ4n) is 3.81.